The highest BCUT2D eigenvalue weighted by Crippen LogP contribution is 2.13. The Morgan fingerprint density at radius 1 is 1.20 bits per heavy atom. The van der Waals surface area contributed by atoms with Crippen LogP contribution in [0.2, 0.25) is 0 Å². The number of rotatable bonds is 6. The standard InChI is InChI=1S/C18H22N4O3/c1-21-17(25-13-16(23)22-9-5-6-10-22)11-15(20-21)18(24)19-12-14-7-3-2-4-8-14/h2-4,7-8,11H,5-6,9-10,12-13H2,1H3,(H,19,24). The minimum absolute atomic E-state index is 0.0335. The molecule has 0 aliphatic carbocycles. The van der Waals surface area contributed by atoms with Gasteiger partial charge in [-0.25, -0.2) is 4.68 Å². The average Bonchev–Trinajstić information content (AvgIpc) is 3.28. The van der Waals surface area contributed by atoms with E-state index in [2.05, 4.69) is 10.4 Å². The van der Waals surface area contributed by atoms with Gasteiger partial charge in [-0.1, -0.05) is 30.3 Å². The third-order valence-electron chi connectivity index (χ3n) is 4.17. The number of benzene rings is 1. The van der Waals surface area contributed by atoms with Crippen LogP contribution in [-0.2, 0) is 18.4 Å². The number of likely N-dealkylation sites (tertiary alicyclic amines) is 1. The number of hydrogen-bond acceptors (Lipinski definition) is 4. The normalized spacial score (nSPS) is 13.7. The molecule has 0 saturated carbocycles. The van der Waals surface area contributed by atoms with Crippen molar-refractivity contribution < 1.29 is 14.3 Å². The number of ether oxygens (including phenoxy) is 1. The van der Waals surface area contributed by atoms with Crippen LogP contribution in [0.1, 0.15) is 28.9 Å². The van der Waals surface area contributed by atoms with Crippen LogP contribution in [0.3, 0.4) is 0 Å². The van der Waals surface area contributed by atoms with Gasteiger partial charge in [-0.05, 0) is 18.4 Å². The summed E-state index contributed by atoms with van der Waals surface area (Å²) in [5, 5.41) is 6.97. The highest BCUT2D eigenvalue weighted by atomic mass is 16.5. The molecule has 0 radical (unpaired) electrons. The van der Waals surface area contributed by atoms with E-state index in [1.54, 1.807) is 18.0 Å². The molecule has 132 valence electrons. The van der Waals surface area contributed by atoms with E-state index in [1.165, 1.54) is 4.68 Å². The summed E-state index contributed by atoms with van der Waals surface area (Å²) >= 11 is 0. The molecule has 25 heavy (non-hydrogen) atoms. The zero-order chi connectivity index (χ0) is 17.6. The predicted octanol–water partition coefficient (Wildman–Crippen LogP) is 1.35. The van der Waals surface area contributed by atoms with Gasteiger partial charge in [0, 0.05) is 32.7 Å². The maximum absolute atomic E-state index is 12.2. The van der Waals surface area contributed by atoms with Crippen LogP contribution in [0.4, 0.5) is 0 Å². The molecular formula is C18H22N4O3. The van der Waals surface area contributed by atoms with E-state index in [4.69, 9.17) is 4.74 Å². The van der Waals surface area contributed by atoms with Crippen molar-refractivity contribution in [2.24, 2.45) is 7.05 Å². The fourth-order valence-electron chi connectivity index (χ4n) is 2.76. The second-order valence-corrected chi connectivity index (χ2v) is 6.04. The maximum atomic E-state index is 12.2. The van der Waals surface area contributed by atoms with E-state index in [0.717, 1.165) is 31.5 Å². The summed E-state index contributed by atoms with van der Waals surface area (Å²) in [4.78, 5) is 26.0. The Morgan fingerprint density at radius 2 is 1.92 bits per heavy atom. The van der Waals surface area contributed by atoms with Gasteiger partial charge in [0.1, 0.15) is 0 Å². The van der Waals surface area contributed by atoms with Gasteiger partial charge in [-0.2, -0.15) is 5.10 Å². The highest BCUT2D eigenvalue weighted by Gasteiger charge is 2.19. The van der Waals surface area contributed by atoms with Crippen molar-refractivity contribution in [3.05, 3.63) is 47.7 Å². The summed E-state index contributed by atoms with van der Waals surface area (Å²) < 4.78 is 7.00. The Hall–Kier alpha value is -2.83. The lowest BCUT2D eigenvalue weighted by Crippen LogP contribution is -2.32. The third kappa shape index (κ3) is 4.37. The van der Waals surface area contributed by atoms with Gasteiger partial charge >= 0.3 is 0 Å². The molecule has 0 atom stereocenters. The van der Waals surface area contributed by atoms with Gasteiger partial charge in [0.15, 0.2) is 12.3 Å². The Morgan fingerprint density at radius 3 is 2.64 bits per heavy atom. The summed E-state index contributed by atoms with van der Waals surface area (Å²) in [7, 11) is 1.68. The molecule has 1 aliphatic heterocycles. The van der Waals surface area contributed by atoms with Gasteiger partial charge in [0.25, 0.3) is 11.8 Å². The van der Waals surface area contributed by atoms with Crippen LogP contribution in [0.25, 0.3) is 0 Å². The van der Waals surface area contributed by atoms with Crippen molar-refractivity contribution >= 4 is 11.8 Å². The molecule has 1 aromatic heterocycles. The fraction of sp³-hybridized carbons (Fsp3) is 0.389. The first kappa shape index (κ1) is 17.0. The molecule has 1 fully saturated rings. The second-order valence-electron chi connectivity index (χ2n) is 6.04. The average molecular weight is 342 g/mol. The van der Waals surface area contributed by atoms with Crippen LogP contribution in [-0.4, -0.2) is 46.2 Å². The minimum Gasteiger partial charge on any atom is -0.468 e. The van der Waals surface area contributed by atoms with E-state index < -0.39 is 0 Å². The van der Waals surface area contributed by atoms with Gasteiger partial charge in [-0.15, -0.1) is 0 Å². The summed E-state index contributed by atoms with van der Waals surface area (Å²) in [5.41, 5.74) is 1.28. The largest absolute Gasteiger partial charge is 0.468 e. The highest BCUT2D eigenvalue weighted by molar-refractivity contribution is 5.92. The minimum atomic E-state index is -0.278. The number of hydrogen-bond donors (Lipinski definition) is 1. The van der Waals surface area contributed by atoms with Crippen LogP contribution in [0.5, 0.6) is 5.88 Å². The van der Waals surface area contributed by atoms with Crippen molar-refractivity contribution in [2.45, 2.75) is 19.4 Å². The Bertz CT molecular complexity index is 736. The molecule has 2 amide bonds. The summed E-state index contributed by atoms with van der Waals surface area (Å²) in [6, 6.07) is 11.2. The van der Waals surface area contributed by atoms with E-state index in [0.29, 0.717) is 12.4 Å². The first-order chi connectivity index (χ1) is 12.1. The van der Waals surface area contributed by atoms with Crippen molar-refractivity contribution in [3.8, 4) is 5.88 Å². The number of carbonyl (C=O) groups is 2. The first-order valence-corrected chi connectivity index (χ1v) is 8.40. The second kappa shape index (κ2) is 7.83. The molecule has 3 rings (SSSR count). The van der Waals surface area contributed by atoms with E-state index >= 15 is 0 Å². The van der Waals surface area contributed by atoms with Gasteiger partial charge in [0.2, 0.25) is 5.88 Å². The number of nitrogens with one attached hydrogen (secondary N) is 1. The zero-order valence-electron chi connectivity index (χ0n) is 14.3. The number of aromatic nitrogens is 2. The molecule has 0 bridgehead atoms. The molecule has 1 aliphatic rings. The van der Waals surface area contributed by atoms with Crippen molar-refractivity contribution in [1.82, 2.24) is 20.0 Å². The molecule has 1 aromatic carbocycles. The van der Waals surface area contributed by atoms with Crippen molar-refractivity contribution in [2.75, 3.05) is 19.7 Å². The predicted molar refractivity (Wildman–Crippen MR) is 92.1 cm³/mol. The van der Waals surface area contributed by atoms with Gasteiger partial charge < -0.3 is 15.0 Å². The van der Waals surface area contributed by atoms with Crippen LogP contribution in [0.15, 0.2) is 36.4 Å². The lowest BCUT2D eigenvalue weighted by molar-refractivity contribution is -0.132. The summed E-state index contributed by atoms with van der Waals surface area (Å²) in [5.74, 6) is 0.0892. The number of nitrogens with zero attached hydrogens (tertiary/aromatic N) is 3. The molecule has 0 spiro atoms. The van der Waals surface area contributed by atoms with Crippen LogP contribution in [0, 0.1) is 0 Å². The smallest absolute Gasteiger partial charge is 0.272 e. The maximum Gasteiger partial charge on any atom is 0.272 e. The summed E-state index contributed by atoms with van der Waals surface area (Å²) in [6.45, 7) is 1.98. The number of amides is 2. The number of aryl methyl sites for hydroxylation is 1. The Labute approximate surface area is 146 Å². The van der Waals surface area contributed by atoms with Crippen LogP contribution < -0.4 is 10.1 Å². The van der Waals surface area contributed by atoms with Crippen LogP contribution >= 0.6 is 0 Å². The third-order valence-corrected chi connectivity index (χ3v) is 4.17. The quantitative estimate of drug-likeness (QED) is 0.860. The SMILES string of the molecule is Cn1nc(C(=O)NCc2ccccc2)cc1OCC(=O)N1CCCC1. The topological polar surface area (TPSA) is 76.5 Å². The van der Waals surface area contributed by atoms with E-state index in [1.807, 2.05) is 30.3 Å². The van der Waals surface area contributed by atoms with Gasteiger partial charge in [-0.3, -0.25) is 9.59 Å². The Kier molecular flexibility index (Phi) is 5.33. The lowest BCUT2D eigenvalue weighted by atomic mass is 10.2. The molecular weight excluding hydrogens is 320 g/mol. The zero-order valence-corrected chi connectivity index (χ0v) is 14.3. The molecule has 2 heterocycles. The van der Waals surface area contributed by atoms with Crippen molar-refractivity contribution in [3.63, 3.8) is 0 Å². The fourth-order valence-corrected chi connectivity index (χ4v) is 2.76. The molecule has 1 N–H and O–H groups in total. The van der Waals surface area contributed by atoms with Crippen molar-refractivity contribution in [1.29, 1.82) is 0 Å². The summed E-state index contributed by atoms with van der Waals surface area (Å²) in [6.07, 6.45) is 2.09. The lowest BCUT2D eigenvalue weighted by Gasteiger charge is -2.15. The molecule has 7 nitrogen and oxygen atoms in total. The monoisotopic (exact) mass is 342 g/mol. The van der Waals surface area contributed by atoms with Gasteiger partial charge in [0.05, 0.1) is 0 Å². The first-order valence-electron chi connectivity index (χ1n) is 8.40. The number of carbonyl (C=O) groups excluding carboxylic acids is 2. The van der Waals surface area contributed by atoms with E-state index in [9.17, 15) is 9.59 Å². The molecule has 2 aromatic rings. The molecule has 7 heteroatoms. The molecule has 1 saturated heterocycles. The molecule has 0 unspecified atom stereocenters. The Balaban J connectivity index is 1.54. The van der Waals surface area contributed by atoms with E-state index in [-0.39, 0.29) is 24.1 Å².